The summed E-state index contributed by atoms with van der Waals surface area (Å²) in [5, 5.41) is 22.0. The summed E-state index contributed by atoms with van der Waals surface area (Å²) in [4.78, 5) is 14.9. The van der Waals surface area contributed by atoms with Crippen molar-refractivity contribution >= 4 is 5.78 Å². The van der Waals surface area contributed by atoms with Crippen LogP contribution in [-0.4, -0.2) is 51.7 Å². The molecule has 2 N–H and O–H groups in total. The molecule has 1 aromatic carbocycles. The smallest absolute Gasteiger partial charge is 0.196 e. The monoisotopic (exact) mass is 327 g/mol. The van der Waals surface area contributed by atoms with E-state index in [0.29, 0.717) is 18.6 Å². The molecule has 2 bridgehead atoms. The summed E-state index contributed by atoms with van der Waals surface area (Å²) in [6.07, 6.45) is 4.82. The van der Waals surface area contributed by atoms with Crippen molar-refractivity contribution < 1.29 is 19.7 Å². The van der Waals surface area contributed by atoms with Crippen molar-refractivity contribution in [2.24, 2.45) is 0 Å². The van der Waals surface area contributed by atoms with Crippen molar-refractivity contribution in [3.63, 3.8) is 0 Å². The van der Waals surface area contributed by atoms with Crippen LogP contribution >= 0.6 is 0 Å². The Kier molecular flexibility index (Phi) is 2.66. The predicted octanol–water partition coefficient (Wildman–Crippen LogP) is 1.30. The number of benzene rings is 1. The number of hydrogen-bond donors (Lipinski definition) is 2. The normalized spacial score (nSPS) is 38.8. The number of aromatic hydroxyl groups is 1. The Bertz CT molecular complexity index is 788. The molecule has 4 atom stereocenters. The molecule has 4 aliphatic rings. The van der Waals surface area contributed by atoms with Crippen LogP contribution in [0.2, 0.25) is 0 Å². The number of carbonyl (C=O) groups is 1. The topological polar surface area (TPSA) is 70.0 Å². The van der Waals surface area contributed by atoms with E-state index in [4.69, 9.17) is 4.74 Å². The summed E-state index contributed by atoms with van der Waals surface area (Å²) in [6, 6.07) is 3.50. The van der Waals surface area contributed by atoms with E-state index >= 15 is 0 Å². The van der Waals surface area contributed by atoms with Gasteiger partial charge in [-0.15, -0.1) is 0 Å². The highest BCUT2D eigenvalue weighted by molar-refractivity contribution is 5.99. The number of carbonyl (C=O) groups excluding carboxylic acids is 1. The number of hydrogen-bond acceptors (Lipinski definition) is 5. The number of likely N-dealkylation sites (tertiary alicyclic amines) is 1. The average Bonchev–Trinajstić information content (AvgIpc) is 2.91. The zero-order chi connectivity index (χ0) is 16.7. The number of phenols is 1. The zero-order valence-electron chi connectivity index (χ0n) is 13.7. The molecule has 24 heavy (non-hydrogen) atoms. The van der Waals surface area contributed by atoms with Gasteiger partial charge in [-0.3, -0.25) is 9.69 Å². The molecule has 0 saturated carbocycles. The van der Waals surface area contributed by atoms with Crippen LogP contribution in [0.3, 0.4) is 0 Å². The van der Waals surface area contributed by atoms with E-state index < -0.39 is 17.1 Å². The van der Waals surface area contributed by atoms with Gasteiger partial charge in [0.1, 0.15) is 5.60 Å². The van der Waals surface area contributed by atoms with Crippen LogP contribution < -0.4 is 4.74 Å². The van der Waals surface area contributed by atoms with Crippen molar-refractivity contribution in [1.29, 1.82) is 0 Å². The van der Waals surface area contributed by atoms with Gasteiger partial charge in [-0.1, -0.05) is 13.0 Å². The first-order valence-corrected chi connectivity index (χ1v) is 8.74. The summed E-state index contributed by atoms with van der Waals surface area (Å²) in [7, 11) is 0. The molecule has 1 aromatic rings. The number of phenolic OH excluding ortho intramolecular Hbond substituents is 1. The van der Waals surface area contributed by atoms with E-state index in [1.54, 1.807) is 12.1 Å². The Hall–Kier alpha value is -1.85. The van der Waals surface area contributed by atoms with Gasteiger partial charge < -0.3 is 14.9 Å². The van der Waals surface area contributed by atoms with E-state index in [2.05, 4.69) is 11.8 Å². The highest BCUT2D eigenvalue weighted by atomic mass is 16.5. The van der Waals surface area contributed by atoms with Gasteiger partial charge >= 0.3 is 0 Å². The van der Waals surface area contributed by atoms with Crippen molar-refractivity contribution in [2.75, 3.05) is 13.1 Å². The Labute approximate surface area is 140 Å². The third-order valence-corrected chi connectivity index (χ3v) is 6.49. The van der Waals surface area contributed by atoms with E-state index in [-0.39, 0.29) is 17.6 Å². The van der Waals surface area contributed by atoms with Crippen LogP contribution in [0, 0.1) is 0 Å². The number of nitrogens with zero attached hydrogens (tertiary/aromatic N) is 1. The lowest BCUT2D eigenvalue weighted by molar-refractivity contribution is -0.154. The van der Waals surface area contributed by atoms with Crippen LogP contribution in [0.25, 0.3) is 0 Å². The third-order valence-electron chi connectivity index (χ3n) is 6.49. The first-order chi connectivity index (χ1) is 11.5. The van der Waals surface area contributed by atoms with Gasteiger partial charge in [-0.25, -0.2) is 0 Å². The van der Waals surface area contributed by atoms with Crippen LogP contribution in [0.1, 0.15) is 30.9 Å². The lowest BCUT2D eigenvalue weighted by atomic mass is 9.51. The van der Waals surface area contributed by atoms with Gasteiger partial charge in [0.15, 0.2) is 23.4 Å². The molecule has 5 nitrogen and oxygen atoms in total. The second-order valence-electron chi connectivity index (χ2n) is 7.48. The number of aliphatic hydroxyl groups is 1. The molecule has 0 amide bonds. The van der Waals surface area contributed by atoms with E-state index in [1.807, 2.05) is 6.07 Å². The summed E-state index contributed by atoms with van der Waals surface area (Å²) < 4.78 is 5.95. The summed E-state index contributed by atoms with van der Waals surface area (Å²) in [5.41, 5.74) is 0.0458. The molecule has 1 saturated heterocycles. The summed E-state index contributed by atoms with van der Waals surface area (Å²) >= 11 is 0. The third kappa shape index (κ3) is 1.38. The number of ketones is 1. The minimum absolute atomic E-state index is 0.0575. The summed E-state index contributed by atoms with van der Waals surface area (Å²) in [6.45, 7) is 3.90. The molecule has 126 valence electrons. The largest absolute Gasteiger partial charge is 0.504 e. The molecular weight excluding hydrogens is 306 g/mol. The average molecular weight is 327 g/mol. The Balaban J connectivity index is 1.81. The van der Waals surface area contributed by atoms with Crippen molar-refractivity contribution in [3.05, 3.63) is 35.4 Å². The molecule has 0 unspecified atom stereocenters. The van der Waals surface area contributed by atoms with E-state index in [1.165, 1.54) is 6.08 Å². The van der Waals surface area contributed by atoms with Gasteiger partial charge in [-0.2, -0.15) is 0 Å². The maximum Gasteiger partial charge on any atom is 0.196 e. The van der Waals surface area contributed by atoms with Crippen LogP contribution in [-0.2, 0) is 16.6 Å². The fraction of sp³-hybridized carbons (Fsp3) is 0.526. The molecular formula is C19H21NO4. The number of ether oxygens (including phenoxy) is 1. The zero-order valence-corrected chi connectivity index (χ0v) is 13.7. The maximum atomic E-state index is 12.6. The molecule has 2 aliphatic carbocycles. The highest BCUT2D eigenvalue weighted by Gasteiger charge is 2.71. The fourth-order valence-electron chi connectivity index (χ4n) is 5.56. The lowest BCUT2D eigenvalue weighted by Gasteiger charge is -2.60. The predicted molar refractivity (Wildman–Crippen MR) is 87.3 cm³/mol. The Morgan fingerprint density at radius 3 is 3.04 bits per heavy atom. The molecule has 0 radical (unpaired) electrons. The van der Waals surface area contributed by atoms with Gasteiger partial charge in [-0.05, 0) is 56.1 Å². The first kappa shape index (κ1) is 14.5. The van der Waals surface area contributed by atoms with E-state index in [9.17, 15) is 15.0 Å². The minimum Gasteiger partial charge on any atom is -0.504 e. The highest BCUT2D eigenvalue weighted by Crippen LogP contribution is 2.63. The van der Waals surface area contributed by atoms with Crippen molar-refractivity contribution in [2.45, 2.75) is 49.3 Å². The molecule has 2 heterocycles. The molecule has 1 spiro atoms. The molecule has 0 aromatic heterocycles. The standard InChI is InChI=1S/C19H21NO4/c1-2-8-20-9-7-18-15-11-3-4-12(21)16(15)24-17(18)13(22)5-6-19(18,23)14(20)10-11/h3-6,14,17,21,23H,2,7-10H2,1H3/t14-,17+,18+,19-/m1/s1. The van der Waals surface area contributed by atoms with Gasteiger partial charge in [0, 0.05) is 11.6 Å². The van der Waals surface area contributed by atoms with Crippen LogP contribution in [0.4, 0.5) is 0 Å². The van der Waals surface area contributed by atoms with Gasteiger partial charge in [0.05, 0.1) is 5.41 Å². The quantitative estimate of drug-likeness (QED) is 0.857. The second kappa shape index (κ2) is 4.41. The van der Waals surface area contributed by atoms with E-state index in [0.717, 1.165) is 30.6 Å². The molecule has 5 rings (SSSR count). The Morgan fingerprint density at radius 1 is 1.42 bits per heavy atom. The first-order valence-electron chi connectivity index (χ1n) is 8.74. The maximum absolute atomic E-state index is 12.6. The number of piperidine rings is 1. The lowest BCUT2D eigenvalue weighted by Crippen LogP contribution is -2.75. The van der Waals surface area contributed by atoms with Gasteiger partial charge in [0.2, 0.25) is 0 Å². The van der Waals surface area contributed by atoms with Gasteiger partial charge in [0.25, 0.3) is 0 Å². The molecule has 2 aliphatic heterocycles. The van der Waals surface area contributed by atoms with Crippen LogP contribution in [0.5, 0.6) is 11.5 Å². The molecule has 1 fully saturated rings. The fourth-order valence-corrected chi connectivity index (χ4v) is 5.56. The Morgan fingerprint density at radius 2 is 2.25 bits per heavy atom. The second-order valence-corrected chi connectivity index (χ2v) is 7.48. The van der Waals surface area contributed by atoms with Crippen molar-refractivity contribution in [1.82, 2.24) is 4.90 Å². The molecule has 5 heteroatoms. The SMILES string of the molecule is CCCN1CC[C@]23c4c5ccc(O)c4O[C@H]2C(=O)C=C[C@@]3(O)[C@H]1C5. The van der Waals surface area contributed by atoms with Crippen LogP contribution in [0.15, 0.2) is 24.3 Å². The minimum atomic E-state index is -1.13. The number of rotatable bonds is 2. The summed E-state index contributed by atoms with van der Waals surface area (Å²) in [5.74, 6) is 0.336. The van der Waals surface area contributed by atoms with Crippen molar-refractivity contribution in [3.8, 4) is 11.5 Å².